The Kier molecular flexibility index (Phi) is 6.19. The van der Waals surface area contributed by atoms with E-state index in [-0.39, 0.29) is 10.6 Å². The molecule has 0 saturated heterocycles. The number of carboxylic acid groups (broad SMARTS) is 1. The second kappa shape index (κ2) is 8.00. The van der Waals surface area contributed by atoms with Gasteiger partial charge in [-0.15, -0.1) is 23.1 Å². The topological polar surface area (TPSA) is 69.6 Å². The van der Waals surface area contributed by atoms with Crippen molar-refractivity contribution in [2.75, 3.05) is 19.4 Å². The molecule has 0 radical (unpaired) electrons. The lowest BCUT2D eigenvalue weighted by Gasteiger charge is -2.11. The molecule has 1 heterocycles. The Morgan fingerprint density at radius 2 is 1.85 bits per heavy atom. The summed E-state index contributed by atoms with van der Waals surface area (Å²) in [5.41, 5.74) is -0.131. The number of amides is 2. The Labute approximate surface area is 155 Å². The van der Waals surface area contributed by atoms with Gasteiger partial charge in [0.2, 0.25) is 0 Å². The number of thioether (sulfide) groups is 1. The van der Waals surface area contributed by atoms with E-state index in [1.54, 1.807) is 5.38 Å². The number of anilines is 1. The van der Waals surface area contributed by atoms with E-state index in [9.17, 15) is 27.9 Å². The lowest BCUT2D eigenvalue weighted by atomic mass is 10.1. The minimum absolute atomic E-state index is 0.0258. The fourth-order valence-electron chi connectivity index (χ4n) is 1.90. The molecule has 26 heavy (non-hydrogen) atoms. The lowest BCUT2D eigenvalue weighted by Crippen LogP contribution is -2.27. The van der Waals surface area contributed by atoms with Gasteiger partial charge in [-0.1, -0.05) is 12.1 Å². The molecular weight excluding hydrogens is 389 g/mol. The number of alkyl halides is 3. The van der Waals surface area contributed by atoms with E-state index in [0.29, 0.717) is 16.2 Å². The first-order chi connectivity index (χ1) is 12.1. The summed E-state index contributed by atoms with van der Waals surface area (Å²) in [6, 6.07) is 4.25. The number of thiophene rings is 1. The SMILES string of the molecule is CN(C)C(=O)Nc1scc(SCc2ccc(C(F)(F)F)cc2)c1C(=O)O. The quantitative estimate of drug-likeness (QED) is 0.699. The molecule has 5 nitrogen and oxygen atoms in total. The molecule has 0 atom stereocenters. The number of carboxylic acids is 1. The number of rotatable bonds is 5. The normalized spacial score (nSPS) is 11.3. The summed E-state index contributed by atoms with van der Waals surface area (Å²) >= 11 is 2.26. The highest BCUT2D eigenvalue weighted by molar-refractivity contribution is 7.98. The first-order valence-corrected chi connectivity index (χ1v) is 9.08. The van der Waals surface area contributed by atoms with E-state index in [1.807, 2.05) is 0 Å². The van der Waals surface area contributed by atoms with Gasteiger partial charge in [0.05, 0.1) is 5.56 Å². The summed E-state index contributed by atoms with van der Waals surface area (Å²) in [5, 5.41) is 13.7. The fourth-order valence-corrected chi connectivity index (χ4v) is 4.04. The summed E-state index contributed by atoms with van der Waals surface area (Å²) in [7, 11) is 3.06. The molecule has 2 N–H and O–H groups in total. The van der Waals surface area contributed by atoms with Gasteiger partial charge in [-0.05, 0) is 17.7 Å². The fraction of sp³-hybridized carbons (Fsp3) is 0.250. The summed E-state index contributed by atoms with van der Waals surface area (Å²) in [6.07, 6.45) is -4.39. The van der Waals surface area contributed by atoms with Gasteiger partial charge in [0.25, 0.3) is 0 Å². The van der Waals surface area contributed by atoms with E-state index >= 15 is 0 Å². The molecule has 0 unspecified atom stereocenters. The van der Waals surface area contributed by atoms with Crippen molar-refractivity contribution in [3.63, 3.8) is 0 Å². The Morgan fingerprint density at radius 1 is 1.23 bits per heavy atom. The van der Waals surface area contributed by atoms with Crippen LogP contribution < -0.4 is 5.32 Å². The molecule has 0 saturated carbocycles. The van der Waals surface area contributed by atoms with Gasteiger partial charge in [-0.3, -0.25) is 5.32 Å². The van der Waals surface area contributed by atoms with Gasteiger partial charge >= 0.3 is 18.2 Å². The summed E-state index contributed by atoms with van der Waals surface area (Å²) < 4.78 is 37.7. The smallest absolute Gasteiger partial charge is 0.416 e. The number of carbonyl (C=O) groups excluding carboxylic acids is 1. The van der Waals surface area contributed by atoms with Gasteiger partial charge in [-0.25, -0.2) is 9.59 Å². The van der Waals surface area contributed by atoms with Crippen LogP contribution in [0.5, 0.6) is 0 Å². The third-order valence-electron chi connectivity index (χ3n) is 3.27. The molecule has 0 aliphatic carbocycles. The van der Waals surface area contributed by atoms with Gasteiger partial charge in [0, 0.05) is 30.1 Å². The van der Waals surface area contributed by atoms with E-state index in [1.165, 1.54) is 42.9 Å². The van der Waals surface area contributed by atoms with E-state index < -0.39 is 23.7 Å². The zero-order chi connectivity index (χ0) is 19.5. The summed E-state index contributed by atoms with van der Waals surface area (Å²) in [6.45, 7) is 0. The Bertz CT molecular complexity index is 802. The molecule has 0 fully saturated rings. The third kappa shape index (κ3) is 4.92. The number of hydrogen-bond donors (Lipinski definition) is 2. The van der Waals surface area contributed by atoms with Gasteiger partial charge in [0.15, 0.2) is 0 Å². The molecule has 140 valence electrons. The van der Waals surface area contributed by atoms with Crippen LogP contribution in [0, 0.1) is 0 Å². The molecule has 10 heteroatoms. The second-order valence-corrected chi connectivity index (χ2v) is 7.31. The van der Waals surface area contributed by atoms with Crippen LogP contribution in [0.1, 0.15) is 21.5 Å². The molecule has 0 spiro atoms. The van der Waals surface area contributed by atoms with Crippen LogP contribution in [-0.2, 0) is 11.9 Å². The monoisotopic (exact) mass is 404 g/mol. The highest BCUT2D eigenvalue weighted by atomic mass is 32.2. The standard InChI is InChI=1S/C16H15F3N2O3S2/c1-21(2)15(24)20-13-12(14(22)23)11(8-26-13)25-7-9-3-5-10(6-4-9)16(17,18)19/h3-6,8H,7H2,1-2H3,(H,20,24)(H,22,23). The van der Waals surface area contributed by atoms with Crippen molar-refractivity contribution in [1.82, 2.24) is 4.90 Å². The van der Waals surface area contributed by atoms with Crippen LogP contribution in [0.3, 0.4) is 0 Å². The molecule has 1 aromatic heterocycles. The van der Waals surface area contributed by atoms with Crippen molar-refractivity contribution in [2.24, 2.45) is 0 Å². The largest absolute Gasteiger partial charge is 0.478 e. The van der Waals surface area contributed by atoms with Crippen LogP contribution >= 0.6 is 23.1 Å². The Morgan fingerprint density at radius 3 is 2.35 bits per heavy atom. The number of nitrogens with zero attached hydrogens (tertiary/aromatic N) is 1. The molecule has 2 amide bonds. The van der Waals surface area contributed by atoms with Crippen LogP contribution in [0.2, 0.25) is 0 Å². The van der Waals surface area contributed by atoms with Crippen molar-refractivity contribution in [3.05, 3.63) is 46.3 Å². The summed E-state index contributed by atoms with van der Waals surface area (Å²) in [4.78, 5) is 25.0. The average molecular weight is 404 g/mol. The number of nitrogens with one attached hydrogen (secondary N) is 1. The van der Waals surface area contributed by atoms with Gasteiger partial charge < -0.3 is 10.0 Å². The number of hydrogen-bond acceptors (Lipinski definition) is 4. The van der Waals surface area contributed by atoms with E-state index in [2.05, 4.69) is 5.32 Å². The Balaban J connectivity index is 2.13. The first-order valence-electron chi connectivity index (χ1n) is 7.21. The minimum atomic E-state index is -4.39. The maximum atomic E-state index is 12.6. The van der Waals surface area contributed by atoms with Gasteiger partial charge in [-0.2, -0.15) is 13.2 Å². The molecule has 0 bridgehead atoms. The number of carbonyl (C=O) groups is 2. The van der Waals surface area contributed by atoms with Crippen molar-refractivity contribution in [2.45, 2.75) is 16.8 Å². The number of halogens is 3. The van der Waals surface area contributed by atoms with E-state index in [0.717, 1.165) is 23.5 Å². The second-order valence-electron chi connectivity index (χ2n) is 5.42. The zero-order valence-corrected chi connectivity index (χ0v) is 15.4. The Hall–Kier alpha value is -2.20. The number of benzene rings is 1. The number of urea groups is 1. The van der Waals surface area contributed by atoms with Crippen LogP contribution in [0.4, 0.5) is 23.0 Å². The van der Waals surface area contributed by atoms with E-state index in [4.69, 9.17) is 0 Å². The molecule has 0 aliphatic rings. The molecule has 2 rings (SSSR count). The predicted octanol–water partition coefficient (Wildman–Crippen LogP) is 4.85. The maximum absolute atomic E-state index is 12.6. The lowest BCUT2D eigenvalue weighted by molar-refractivity contribution is -0.137. The third-order valence-corrected chi connectivity index (χ3v) is 5.43. The molecule has 1 aromatic carbocycles. The first kappa shape index (κ1) is 20.1. The summed E-state index contributed by atoms with van der Waals surface area (Å²) in [5.74, 6) is -0.883. The van der Waals surface area contributed by atoms with Crippen molar-refractivity contribution >= 4 is 40.1 Å². The number of aromatic carboxylic acids is 1. The highest BCUT2D eigenvalue weighted by Crippen LogP contribution is 2.37. The van der Waals surface area contributed by atoms with Crippen molar-refractivity contribution in [3.8, 4) is 0 Å². The van der Waals surface area contributed by atoms with Crippen LogP contribution in [0.25, 0.3) is 0 Å². The average Bonchev–Trinajstić information content (AvgIpc) is 2.95. The zero-order valence-electron chi connectivity index (χ0n) is 13.8. The molecule has 2 aromatic rings. The highest BCUT2D eigenvalue weighted by Gasteiger charge is 2.30. The molecule has 0 aliphatic heterocycles. The van der Waals surface area contributed by atoms with Gasteiger partial charge in [0.1, 0.15) is 10.6 Å². The molecular formula is C16H15F3N2O3S2. The van der Waals surface area contributed by atoms with Crippen LogP contribution in [0.15, 0.2) is 34.5 Å². The van der Waals surface area contributed by atoms with Crippen molar-refractivity contribution < 1.29 is 27.9 Å². The minimum Gasteiger partial charge on any atom is -0.478 e. The predicted molar refractivity (Wildman–Crippen MR) is 95.0 cm³/mol. The maximum Gasteiger partial charge on any atom is 0.416 e. The van der Waals surface area contributed by atoms with Crippen molar-refractivity contribution in [1.29, 1.82) is 0 Å². The van der Waals surface area contributed by atoms with Crippen LogP contribution in [-0.4, -0.2) is 36.1 Å².